The number of benzene rings is 3. The maximum atomic E-state index is 15.2. The third-order valence-electron chi connectivity index (χ3n) is 9.10. The summed E-state index contributed by atoms with van der Waals surface area (Å²) >= 11 is 0. The van der Waals surface area contributed by atoms with E-state index in [2.05, 4.69) is 34.4 Å². The van der Waals surface area contributed by atoms with Crippen LogP contribution in [0.4, 0.5) is 15.9 Å². The molecule has 0 spiro atoms. The van der Waals surface area contributed by atoms with Crippen LogP contribution in [0, 0.1) is 5.82 Å². The van der Waals surface area contributed by atoms with Crippen LogP contribution < -0.4 is 14.5 Å². The summed E-state index contributed by atoms with van der Waals surface area (Å²) < 4.78 is 21.7. The van der Waals surface area contributed by atoms with Gasteiger partial charge >= 0.3 is 6.01 Å². The number of halogens is 1. The first-order valence-corrected chi connectivity index (χ1v) is 15.4. The van der Waals surface area contributed by atoms with Gasteiger partial charge in [0.1, 0.15) is 17.4 Å². The van der Waals surface area contributed by atoms with E-state index in [1.165, 1.54) is 23.3 Å². The second-order valence-corrected chi connectivity index (χ2v) is 11.9. The minimum Gasteiger partial charge on any atom is -0.424 e. The number of anilines is 2. The van der Waals surface area contributed by atoms with Crippen molar-refractivity contribution in [2.45, 2.75) is 32.4 Å². The first-order valence-electron chi connectivity index (χ1n) is 15.4. The van der Waals surface area contributed by atoms with Gasteiger partial charge in [0.05, 0.1) is 12.2 Å². The fourth-order valence-corrected chi connectivity index (χ4v) is 6.82. The molecule has 1 amide bonds. The molecular formula is C35H37FN6O2. The van der Waals surface area contributed by atoms with E-state index in [0.717, 1.165) is 72.8 Å². The first-order chi connectivity index (χ1) is 21.5. The Morgan fingerprint density at radius 1 is 0.886 bits per heavy atom. The summed E-state index contributed by atoms with van der Waals surface area (Å²) in [6.45, 7) is 9.30. The van der Waals surface area contributed by atoms with E-state index in [-0.39, 0.29) is 11.7 Å². The fraction of sp³-hybridized carbons (Fsp3) is 0.343. The summed E-state index contributed by atoms with van der Waals surface area (Å²) in [5, 5.41) is 1.51. The van der Waals surface area contributed by atoms with Crippen molar-refractivity contribution in [1.29, 1.82) is 0 Å². The molecule has 0 bridgehead atoms. The molecule has 1 saturated heterocycles. The number of hydrogen-bond donors (Lipinski definition) is 0. The van der Waals surface area contributed by atoms with Crippen LogP contribution in [-0.2, 0) is 30.7 Å². The lowest BCUT2D eigenvalue weighted by atomic mass is 9.99. The van der Waals surface area contributed by atoms with Crippen molar-refractivity contribution in [1.82, 2.24) is 19.8 Å². The van der Waals surface area contributed by atoms with Gasteiger partial charge in [-0.1, -0.05) is 43.0 Å². The Balaban J connectivity index is 1.28. The fourth-order valence-electron chi connectivity index (χ4n) is 6.82. The van der Waals surface area contributed by atoms with Crippen LogP contribution in [0.1, 0.15) is 28.8 Å². The predicted octanol–water partition coefficient (Wildman–Crippen LogP) is 5.34. The molecular weight excluding hydrogens is 555 g/mol. The van der Waals surface area contributed by atoms with Crippen LogP contribution in [0.2, 0.25) is 0 Å². The molecule has 0 N–H and O–H groups in total. The van der Waals surface area contributed by atoms with Crippen LogP contribution in [0.3, 0.4) is 0 Å². The highest BCUT2D eigenvalue weighted by Gasteiger charge is 2.29. The quantitative estimate of drug-likeness (QED) is 0.290. The minimum absolute atomic E-state index is 0.0485. The van der Waals surface area contributed by atoms with Crippen molar-refractivity contribution in [3.05, 3.63) is 95.5 Å². The number of carbonyl (C=O) groups is 1. The normalized spacial score (nSPS) is 17.2. The molecule has 0 atom stereocenters. The highest BCUT2D eigenvalue weighted by Crippen LogP contribution is 2.36. The van der Waals surface area contributed by atoms with Gasteiger partial charge in [-0.25, -0.2) is 4.39 Å². The molecule has 9 heteroatoms. The standard InChI is InChI=1S/C35H37FN6O2/c1-3-32(43)40-18-20-41(21-19-40)34-27-11-7-16-42(30-13-5-9-24-8-4-12-28(36)33(24)30)23-29(27)37-35(38-34)44-31-14-6-10-25-22-39(2)17-15-26(25)31/h3-6,8-10,12-14H,1,7,11,15-23H2,2H3. The molecule has 7 rings (SSSR count). The summed E-state index contributed by atoms with van der Waals surface area (Å²) in [7, 11) is 2.13. The van der Waals surface area contributed by atoms with Crippen molar-refractivity contribution in [2.75, 3.05) is 56.1 Å². The largest absolute Gasteiger partial charge is 0.424 e. The SMILES string of the molecule is C=CC(=O)N1CCN(c2nc(Oc3cccc4c3CCN(C)C4)nc3c2CCCN(c2cccc4cccc(F)c24)C3)CC1. The number of aromatic nitrogens is 2. The minimum atomic E-state index is -0.221. The number of piperazine rings is 1. The molecule has 0 unspecified atom stereocenters. The van der Waals surface area contributed by atoms with Crippen molar-refractivity contribution in [3.63, 3.8) is 0 Å². The predicted molar refractivity (Wildman–Crippen MR) is 171 cm³/mol. The number of fused-ring (bicyclic) bond motifs is 3. The average Bonchev–Trinajstić information content (AvgIpc) is 3.26. The van der Waals surface area contributed by atoms with Crippen LogP contribution in [0.25, 0.3) is 10.8 Å². The first kappa shape index (κ1) is 28.3. The van der Waals surface area contributed by atoms with E-state index in [4.69, 9.17) is 14.7 Å². The van der Waals surface area contributed by atoms with E-state index < -0.39 is 0 Å². The van der Waals surface area contributed by atoms with Crippen LogP contribution in [0.15, 0.2) is 67.3 Å². The van der Waals surface area contributed by atoms with Gasteiger partial charge in [-0.2, -0.15) is 9.97 Å². The number of amides is 1. The van der Waals surface area contributed by atoms with E-state index in [9.17, 15) is 4.79 Å². The summed E-state index contributed by atoms with van der Waals surface area (Å²) in [5.74, 6) is 1.39. The highest BCUT2D eigenvalue weighted by atomic mass is 19.1. The molecule has 8 nitrogen and oxygen atoms in total. The summed E-state index contributed by atoms with van der Waals surface area (Å²) in [6, 6.07) is 17.7. The number of carbonyl (C=O) groups excluding carboxylic acids is 1. The number of ether oxygens (including phenoxy) is 1. The summed E-state index contributed by atoms with van der Waals surface area (Å²) in [5.41, 5.74) is 5.33. The van der Waals surface area contributed by atoms with Gasteiger partial charge in [-0.3, -0.25) is 4.79 Å². The Kier molecular flexibility index (Phi) is 7.64. The molecule has 4 heterocycles. The number of rotatable bonds is 5. The lowest BCUT2D eigenvalue weighted by Crippen LogP contribution is -2.49. The Hall–Kier alpha value is -4.50. The highest BCUT2D eigenvalue weighted by molar-refractivity contribution is 5.95. The molecule has 0 aliphatic carbocycles. The summed E-state index contributed by atoms with van der Waals surface area (Å²) in [6.07, 6.45) is 3.96. The molecule has 0 saturated carbocycles. The van der Waals surface area contributed by atoms with Gasteiger partial charge in [0.2, 0.25) is 5.91 Å². The number of hydrogen-bond acceptors (Lipinski definition) is 7. The molecule has 3 aliphatic rings. The average molecular weight is 593 g/mol. The van der Waals surface area contributed by atoms with Crippen LogP contribution in [0.5, 0.6) is 11.8 Å². The zero-order valence-corrected chi connectivity index (χ0v) is 25.1. The number of nitrogens with zero attached hydrogens (tertiary/aromatic N) is 6. The van der Waals surface area contributed by atoms with Gasteiger partial charge in [0.15, 0.2) is 0 Å². The van der Waals surface area contributed by atoms with Gasteiger partial charge in [0, 0.05) is 68.0 Å². The van der Waals surface area contributed by atoms with E-state index in [1.54, 1.807) is 6.07 Å². The topological polar surface area (TPSA) is 65.0 Å². The van der Waals surface area contributed by atoms with Gasteiger partial charge in [0.25, 0.3) is 0 Å². The maximum absolute atomic E-state index is 15.2. The zero-order chi connectivity index (χ0) is 30.2. The number of likely N-dealkylation sites (N-methyl/N-ethyl adjacent to an activating group) is 1. The van der Waals surface area contributed by atoms with Gasteiger partial charge in [-0.15, -0.1) is 0 Å². The summed E-state index contributed by atoms with van der Waals surface area (Å²) in [4.78, 5) is 31.0. The third kappa shape index (κ3) is 5.36. The van der Waals surface area contributed by atoms with E-state index in [0.29, 0.717) is 44.1 Å². The molecule has 0 radical (unpaired) electrons. The molecule has 1 aromatic heterocycles. The lowest BCUT2D eigenvalue weighted by Gasteiger charge is -2.36. The van der Waals surface area contributed by atoms with Crippen LogP contribution in [-0.4, -0.2) is 72.0 Å². The molecule has 44 heavy (non-hydrogen) atoms. The molecule has 3 aliphatic heterocycles. The zero-order valence-electron chi connectivity index (χ0n) is 25.1. The Labute approximate surface area is 257 Å². The Morgan fingerprint density at radius 3 is 2.50 bits per heavy atom. The lowest BCUT2D eigenvalue weighted by molar-refractivity contribution is -0.126. The van der Waals surface area contributed by atoms with Crippen LogP contribution >= 0.6 is 0 Å². The van der Waals surface area contributed by atoms with Crippen molar-refractivity contribution >= 4 is 28.2 Å². The van der Waals surface area contributed by atoms with E-state index in [1.807, 2.05) is 41.3 Å². The Bertz CT molecular complexity index is 1730. The maximum Gasteiger partial charge on any atom is 0.324 e. The van der Waals surface area contributed by atoms with Crippen molar-refractivity contribution < 1.29 is 13.9 Å². The smallest absolute Gasteiger partial charge is 0.324 e. The second-order valence-electron chi connectivity index (χ2n) is 11.9. The molecule has 4 aromatic rings. The van der Waals surface area contributed by atoms with Crippen molar-refractivity contribution in [3.8, 4) is 11.8 Å². The molecule has 3 aromatic carbocycles. The van der Waals surface area contributed by atoms with E-state index >= 15 is 4.39 Å². The third-order valence-corrected chi connectivity index (χ3v) is 9.10. The molecule has 226 valence electrons. The Morgan fingerprint density at radius 2 is 1.68 bits per heavy atom. The van der Waals surface area contributed by atoms with Gasteiger partial charge < -0.3 is 24.3 Å². The monoisotopic (exact) mass is 592 g/mol. The molecule has 1 fully saturated rings. The van der Waals surface area contributed by atoms with Crippen molar-refractivity contribution in [2.24, 2.45) is 0 Å². The van der Waals surface area contributed by atoms with Gasteiger partial charge in [-0.05, 0) is 61.5 Å². The second kappa shape index (κ2) is 11.9.